The van der Waals surface area contributed by atoms with Crippen molar-refractivity contribution < 1.29 is 4.74 Å². The van der Waals surface area contributed by atoms with Gasteiger partial charge in [0.1, 0.15) is 5.75 Å². The zero-order chi connectivity index (χ0) is 14.4. The van der Waals surface area contributed by atoms with Gasteiger partial charge in [0, 0.05) is 16.2 Å². The molecule has 2 nitrogen and oxygen atoms in total. The molecular formula is C17H21NOS. The number of ether oxygens (including phenoxy) is 1. The van der Waals surface area contributed by atoms with Crippen LogP contribution in [0.1, 0.15) is 18.5 Å². The zero-order valence-corrected chi connectivity index (χ0v) is 13.0. The highest BCUT2D eigenvalue weighted by molar-refractivity contribution is 8.00. The van der Waals surface area contributed by atoms with E-state index in [9.17, 15) is 0 Å². The maximum absolute atomic E-state index is 5.42. The molecule has 0 saturated heterocycles. The van der Waals surface area contributed by atoms with E-state index in [1.807, 2.05) is 37.0 Å². The molecule has 1 N–H and O–H groups in total. The van der Waals surface area contributed by atoms with Crippen molar-refractivity contribution in [3.05, 3.63) is 60.2 Å². The molecular weight excluding hydrogens is 266 g/mol. The lowest BCUT2D eigenvalue weighted by atomic mass is 10.0. The van der Waals surface area contributed by atoms with E-state index in [2.05, 4.69) is 48.6 Å². The van der Waals surface area contributed by atoms with Crippen LogP contribution in [0.5, 0.6) is 5.75 Å². The van der Waals surface area contributed by atoms with Crippen LogP contribution < -0.4 is 10.1 Å². The molecule has 0 spiro atoms. The maximum Gasteiger partial charge on any atom is 0.132 e. The first-order chi connectivity index (χ1) is 9.76. The lowest BCUT2D eigenvalue weighted by Crippen LogP contribution is -2.25. The van der Waals surface area contributed by atoms with Crippen molar-refractivity contribution in [1.82, 2.24) is 5.32 Å². The molecule has 0 aliphatic heterocycles. The highest BCUT2D eigenvalue weighted by Gasteiger charge is 2.19. The fraction of sp³-hybridized carbons (Fsp3) is 0.294. The second-order valence-electron chi connectivity index (χ2n) is 4.65. The molecule has 2 aromatic carbocycles. The first kappa shape index (κ1) is 14.9. The molecule has 2 unspecified atom stereocenters. The van der Waals surface area contributed by atoms with E-state index in [-0.39, 0.29) is 0 Å². The molecule has 0 saturated carbocycles. The summed E-state index contributed by atoms with van der Waals surface area (Å²) in [5.74, 6) is 0.937. The summed E-state index contributed by atoms with van der Waals surface area (Å²) in [4.78, 5) is 1.18. The number of nitrogens with one attached hydrogen (secondary N) is 1. The van der Waals surface area contributed by atoms with Gasteiger partial charge in [-0.1, -0.05) is 49.4 Å². The third-order valence-electron chi connectivity index (χ3n) is 3.32. The van der Waals surface area contributed by atoms with Crippen molar-refractivity contribution in [2.75, 3.05) is 14.2 Å². The van der Waals surface area contributed by atoms with Gasteiger partial charge in [0.25, 0.3) is 0 Å². The predicted octanol–water partition coefficient (Wildman–Crippen LogP) is 4.14. The van der Waals surface area contributed by atoms with Crippen LogP contribution in [0.15, 0.2) is 59.5 Å². The van der Waals surface area contributed by atoms with Crippen molar-refractivity contribution in [2.45, 2.75) is 23.1 Å². The predicted molar refractivity (Wildman–Crippen MR) is 86.6 cm³/mol. The highest BCUT2D eigenvalue weighted by atomic mass is 32.2. The molecule has 2 atom stereocenters. The molecule has 20 heavy (non-hydrogen) atoms. The van der Waals surface area contributed by atoms with E-state index >= 15 is 0 Å². The van der Waals surface area contributed by atoms with Crippen LogP contribution in [0, 0.1) is 0 Å². The van der Waals surface area contributed by atoms with Crippen molar-refractivity contribution >= 4 is 11.8 Å². The number of para-hydroxylation sites is 1. The normalized spacial score (nSPS) is 13.8. The zero-order valence-electron chi connectivity index (χ0n) is 12.2. The summed E-state index contributed by atoms with van der Waals surface area (Å²) in [6.07, 6.45) is 0. The summed E-state index contributed by atoms with van der Waals surface area (Å²) in [7, 11) is 3.73. The minimum absolute atomic E-state index is 0.311. The highest BCUT2D eigenvalue weighted by Crippen LogP contribution is 2.36. The number of methoxy groups -OCH3 is 1. The van der Waals surface area contributed by atoms with Crippen molar-refractivity contribution in [1.29, 1.82) is 0 Å². The molecule has 0 fully saturated rings. The number of hydrogen-bond acceptors (Lipinski definition) is 3. The van der Waals surface area contributed by atoms with Crippen molar-refractivity contribution in [3.8, 4) is 5.75 Å². The van der Waals surface area contributed by atoms with E-state index in [1.165, 1.54) is 10.5 Å². The van der Waals surface area contributed by atoms with E-state index in [0.29, 0.717) is 11.3 Å². The molecule has 0 aromatic heterocycles. The van der Waals surface area contributed by atoms with Gasteiger partial charge >= 0.3 is 0 Å². The van der Waals surface area contributed by atoms with Crippen LogP contribution in [0.25, 0.3) is 0 Å². The topological polar surface area (TPSA) is 21.3 Å². The summed E-state index contributed by atoms with van der Waals surface area (Å²) in [6.45, 7) is 2.24. The van der Waals surface area contributed by atoms with E-state index in [0.717, 1.165) is 5.75 Å². The van der Waals surface area contributed by atoms with Gasteiger partial charge in [-0.05, 0) is 24.7 Å². The standard InChI is InChI=1S/C17H21NOS/c1-13(17(18-2)14-9-5-4-6-10-14)20-16-12-8-7-11-15(16)19-3/h4-13,17-18H,1-3H3. The summed E-state index contributed by atoms with van der Waals surface area (Å²) >= 11 is 1.83. The molecule has 0 heterocycles. The SMILES string of the molecule is CNC(c1ccccc1)C(C)Sc1ccccc1OC. The van der Waals surface area contributed by atoms with Crippen molar-refractivity contribution in [3.63, 3.8) is 0 Å². The minimum Gasteiger partial charge on any atom is -0.496 e. The van der Waals surface area contributed by atoms with Gasteiger partial charge in [-0.2, -0.15) is 0 Å². The van der Waals surface area contributed by atoms with E-state index in [1.54, 1.807) is 7.11 Å². The Morgan fingerprint density at radius 2 is 1.65 bits per heavy atom. The molecule has 2 aromatic rings. The van der Waals surface area contributed by atoms with E-state index < -0.39 is 0 Å². The fourth-order valence-corrected chi connectivity index (χ4v) is 3.57. The molecule has 0 radical (unpaired) electrons. The van der Waals surface area contributed by atoms with Gasteiger partial charge in [-0.15, -0.1) is 11.8 Å². The molecule has 106 valence electrons. The van der Waals surface area contributed by atoms with Gasteiger partial charge < -0.3 is 10.1 Å². The van der Waals surface area contributed by atoms with Gasteiger partial charge in [0.05, 0.1) is 7.11 Å². The van der Waals surface area contributed by atoms with Crippen LogP contribution in [-0.4, -0.2) is 19.4 Å². The third-order valence-corrected chi connectivity index (χ3v) is 4.56. The first-order valence-electron chi connectivity index (χ1n) is 6.78. The second kappa shape index (κ2) is 7.36. The average Bonchev–Trinajstić information content (AvgIpc) is 2.49. The quantitative estimate of drug-likeness (QED) is 0.807. The average molecular weight is 287 g/mol. The largest absolute Gasteiger partial charge is 0.496 e. The summed E-state index contributed by atoms with van der Waals surface area (Å²) < 4.78 is 5.42. The Hall–Kier alpha value is -1.45. The number of rotatable bonds is 6. The Labute approximate surface area is 125 Å². The van der Waals surface area contributed by atoms with Gasteiger partial charge in [0.2, 0.25) is 0 Å². The Bertz CT molecular complexity index is 530. The number of hydrogen-bond donors (Lipinski definition) is 1. The van der Waals surface area contributed by atoms with Gasteiger partial charge in [0.15, 0.2) is 0 Å². The summed E-state index contributed by atoms with van der Waals surface area (Å²) in [5, 5.41) is 3.82. The van der Waals surface area contributed by atoms with Crippen LogP contribution in [0.2, 0.25) is 0 Å². The molecule has 0 aliphatic rings. The maximum atomic E-state index is 5.42. The molecule has 2 rings (SSSR count). The third kappa shape index (κ3) is 3.56. The Morgan fingerprint density at radius 3 is 2.30 bits per heavy atom. The molecule has 0 aliphatic carbocycles. The van der Waals surface area contributed by atoms with Crippen LogP contribution in [0.3, 0.4) is 0 Å². The smallest absolute Gasteiger partial charge is 0.132 e. The first-order valence-corrected chi connectivity index (χ1v) is 7.66. The summed E-state index contributed by atoms with van der Waals surface area (Å²) in [6, 6.07) is 19.0. The Balaban J connectivity index is 2.15. The fourth-order valence-electron chi connectivity index (χ4n) is 2.32. The number of thioether (sulfide) groups is 1. The summed E-state index contributed by atoms with van der Waals surface area (Å²) in [5.41, 5.74) is 1.31. The van der Waals surface area contributed by atoms with Gasteiger partial charge in [-0.25, -0.2) is 0 Å². The van der Waals surface area contributed by atoms with Crippen LogP contribution in [-0.2, 0) is 0 Å². The lowest BCUT2D eigenvalue weighted by molar-refractivity contribution is 0.404. The lowest BCUT2D eigenvalue weighted by Gasteiger charge is -2.24. The van der Waals surface area contributed by atoms with Crippen molar-refractivity contribution in [2.24, 2.45) is 0 Å². The number of benzene rings is 2. The van der Waals surface area contributed by atoms with E-state index in [4.69, 9.17) is 4.74 Å². The second-order valence-corrected chi connectivity index (χ2v) is 6.07. The molecule has 3 heteroatoms. The Morgan fingerprint density at radius 1 is 1.00 bits per heavy atom. The molecule has 0 amide bonds. The minimum atomic E-state index is 0.311. The van der Waals surface area contributed by atoms with Crippen LogP contribution in [0.4, 0.5) is 0 Å². The monoisotopic (exact) mass is 287 g/mol. The van der Waals surface area contributed by atoms with Gasteiger partial charge in [-0.3, -0.25) is 0 Å². The van der Waals surface area contributed by atoms with Crippen LogP contribution >= 0.6 is 11.8 Å². The Kier molecular flexibility index (Phi) is 5.50. The molecule has 0 bridgehead atoms.